The van der Waals surface area contributed by atoms with E-state index in [0.717, 1.165) is 86.7 Å². The number of aryl methyl sites for hydroxylation is 2. The number of para-hydroxylation sites is 2. The molecule has 0 bridgehead atoms. The molecule has 0 amide bonds. The molecule has 4 fully saturated rings. The minimum Gasteiger partial charge on any atom is -1.00 e. The van der Waals surface area contributed by atoms with Gasteiger partial charge in [0.25, 0.3) is 12.2 Å². The average molecular weight is 1380 g/mol. The Balaban J connectivity index is 0.000000320. The van der Waals surface area contributed by atoms with Gasteiger partial charge in [0.15, 0.2) is 0 Å². The van der Waals surface area contributed by atoms with E-state index in [4.69, 9.17) is 19.5 Å². The summed E-state index contributed by atoms with van der Waals surface area (Å²) in [7, 11) is 2.17. The van der Waals surface area contributed by atoms with Gasteiger partial charge in [-0.3, -0.25) is 34.8 Å². The Morgan fingerprint density at radius 2 is 0.989 bits per heavy atom. The van der Waals surface area contributed by atoms with Gasteiger partial charge in [0.05, 0.1) is 46.8 Å². The first-order chi connectivity index (χ1) is 43.4. The number of hydrogen-bond acceptors (Lipinski definition) is 24. The largest absolute Gasteiger partial charge is 1.00 e. The van der Waals surface area contributed by atoms with Crippen molar-refractivity contribution in [3.8, 4) is 11.5 Å². The van der Waals surface area contributed by atoms with Crippen molar-refractivity contribution in [2.75, 3.05) is 147 Å². The summed E-state index contributed by atoms with van der Waals surface area (Å²) in [4.78, 5) is 63.2. The predicted octanol–water partition coefficient (Wildman–Crippen LogP) is 3.35. The Bertz CT molecular complexity index is 3560. The summed E-state index contributed by atoms with van der Waals surface area (Å²) in [6.45, 7) is 21.3. The average Bonchev–Trinajstić information content (AvgIpc) is 0.803. The Hall–Kier alpha value is -4.63. The van der Waals surface area contributed by atoms with Crippen molar-refractivity contribution < 1.29 is 152 Å². The minimum absolute atomic E-state index is 0. The smallest absolute Gasteiger partial charge is 1.00 e. The number of halogens is 1. The standard InChI is InChI=1S/C30H41N8O4P.C20H21FN5O4P.C11H22N2.CH2O3.2K.H/c1-21-20-31-30(34-29(21)32-23-8-6-7-9-28(23)43(4,5)41)33-24-18-26(38(39)40)25(19-27(24)42-3)37-12-10-22(11-13-37)36-16-14-35(2)15-17-36;1-12-11-22-20(24-15-10-16(26(27)28)13(21)9-17(15)30-2)25-19(12)23-14-7-5-6-8-18(14)31(3,4)29;1-12-7-9-13(10-8-12)11-5-3-2-4-6-11;2-1-4-3;;;/h6-9,18-20,22H,10-17H2,1-5H3,(H2,31,32,33,34);5-11H,1-4H3,(H2,22,23,24,25);11H,2-10H2,1H3;1,3H;;;/q;;;;2*+1;-1/p-1. The van der Waals surface area contributed by atoms with E-state index in [1.54, 1.807) is 71.3 Å². The Morgan fingerprint density at radius 1 is 0.591 bits per heavy atom. The molecule has 2 aromatic heterocycles. The second kappa shape index (κ2) is 37.8. The molecular formula is C62H86FK2N15O11P2. The minimum atomic E-state index is -2.54. The van der Waals surface area contributed by atoms with E-state index in [1.165, 1.54) is 71.5 Å². The van der Waals surface area contributed by atoms with Crippen LogP contribution in [0.25, 0.3) is 0 Å². The predicted molar refractivity (Wildman–Crippen MR) is 355 cm³/mol. The molecule has 0 atom stereocenters. The SMILES string of the molecule is CN1CCN(C2CCCCC2)CC1.COc1cc(F)c([N+](=O)[O-])cc1Nc1ncc(C)c(Nc2ccccc2P(C)(C)=O)n1.COc1cc(N2CCC(N3CCN(C)CC3)CC2)c([N+](=O)[O-])cc1Nc1ncc(C)c(Nc2ccccc2P(C)(C)=O)n1.O=CO[O-].[H-].[K+].[K+]. The summed E-state index contributed by atoms with van der Waals surface area (Å²) < 4.78 is 50.2. The zero-order chi connectivity index (χ0) is 66.0. The van der Waals surface area contributed by atoms with E-state index >= 15 is 0 Å². The van der Waals surface area contributed by atoms with E-state index in [-0.39, 0.29) is 145 Å². The number of nitrogens with one attached hydrogen (secondary N) is 4. The van der Waals surface area contributed by atoms with E-state index in [9.17, 15) is 33.7 Å². The molecule has 0 radical (unpaired) electrons. The quantitative estimate of drug-likeness (QED) is 0.0239. The van der Waals surface area contributed by atoms with Crippen LogP contribution in [-0.4, -0.2) is 188 Å². The molecule has 26 nitrogen and oxygen atoms in total. The van der Waals surface area contributed by atoms with Gasteiger partial charge in [-0.1, -0.05) is 43.5 Å². The van der Waals surface area contributed by atoms with Crippen LogP contribution in [0.5, 0.6) is 11.5 Å². The van der Waals surface area contributed by atoms with Gasteiger partial charge in [-0.25, -0.2) is 9.97 Å². The maximum absolute atomic E-state index is 13.9. The van der Waals surface area contributed by atoms with E-state index in [0.29, 0.717) is 51.5 Å². The first-order valence-electron chi connectivity index (χ1n) is 30.2. The molecule has 3 saturated heterocycles. The molecule has 10 rings (SSSR count). The normalized spacial score (nSPS) is 15.9. The third-order valence-corrected chi connectivity index (χ3v) is 19.5. The summed E-state index contributed by atoms with van der Waals surface area (Å²) >= 11 is 0. The summed E-state index contributed by atoms with van der Waals surface area (Å²) in [5, 5.41) is 45.6. The number of carbonyl (C=O) groups is 1. The van der Waals surface area contributed by atoms with Crippen molar-refractivity contribution in [1.29, 1.82) is 0 Å². The molecule has 0 unspecified atom stereocenters. The molecule has 5 heterocycles. The van der Waals surface area contributed by atoms with E-state index in [1.807, 2.05) is 43.3 Å². The van der Waals surface area contributed by atoms with Gasteiger partial charge in [-0.15, -0.1) is 0 Å². The van der Waals surface area contributed by atoms with Crippen LogP contribution in [0.3, 0.4) is 0 Å². The van der Waals surface area contributed by atoms with E-state index in [2.05, 4.69) is 84.7 Å². The van der Waals surface area contributed by atoms with Crippen molar-refractivity contribution in [3.05, 3.63) is 122 Å². The number of anilines is 9. The maximum atomic E-state index is 13.9. The topological polar surface area (TPSA) is 304 Å². The summed E-state index contributed by atoms with van der Waals surface area (Å²) in [5.74, 6) is 0.852. The van der Waals surface area contributed by atoms with Crippen LogP contribution >= 0.6 is 14.3 Å². The van der Waals surface area contributed by atoms with Gasteiger partial charge in [0.2, 0.25) is 17.7 Å². The van der Waals surface area contributed by atoms with Crippen molar-refractivity contribution in [2.45, 2.75) is 70.9 Å². The van der Waals surface area contributed by atoms with Crippen LogP contribution in [0.2, 0.25) is 0 Å². The molecule has 4 aromatic carbocycles. The molecule has 1 saturated carbocycles. The van der Waals surface area contributed by atoms with Crippen molar-refractivity contribution in [1.82, 2.24) is 39.5 Å². The van der Waals surface area contributed by atoms with Crippen LogP contribution in [-0.2, 0) is 18.8 Å². The number of nitrogens with zero attached hydrogens (tertiary/aromatic N) is 11. The fraction of sp³-hybridized carbons (Fsp3) is 0.468. The molecule has 3 aliphatic heterocycles. The Kier molecular flexibility index (Phi) is 32.1. The number of carbonyl (C=O) groups excluding carboxylic acids is 1. The maximum Gasteiger partial charge on any atom is 1.00 e. The monoisotopic (exact) mass is 1380 g/mol. The van der Waals surface area contributed by atoms with Crippen LogP contribution in [0, 0.1) is 39.9 Å². The number of benzene rings is 4. The number of rotatable bonds is 18. The third kappa shape index (κ3) is 23.0. The zero-order valence-corrected chi connectivity index (χ0v) is 63.6. The number of ether oxygens (including phenoxy) is 2. The second-order valence-electron chi connectivity index (χ2n) is 23.6. The van der Waals surface area contributed by atoms with Gasteiger partial charge >= 0.3 is 108 Å². The Morgan fingerprint density at radius 3 is 1.39 bits per heavy atom. The summed E-state index contributed by atoms with van der Waals surface area (Å²) in [6.07, 6.45) is 12.5. The van der Waals surface area contributed by atoms with Crippen molar-refractivity contribution in [3.63, 3.8) is 0 Å². The van der Waals surface area contributed by atoms with Gasteiger partial charge < -0.3 is 66.1 Å². The van der Waals surface area contributed by atoms with Gasteiger partial charge in [-0.05, 0) is 105 Å². The van der Waals surface area contributed by atoms with Crippen LogP contribution in [0.15, 0.2) is 85.2 Å². The van der Waals surface area contributed by atoms with Crippen LogP contribution in [0.1, 0.15) is 57.5 Å². The second-order valence-corrected chi connectivity index (χ2v) is 30.0. The van der Waals surface area contributed by atoms with Gasteiger partial charge in [0.1, 0.15) is 43.1 Å². The zero-order valence-electron chi connectivity index (χ0n) is 56.5. The molecule has 4 aliphatic rings. The van der Waals surface area contributed by atoms with Gasteiger partial charge in [-0.2, -0.15) is 14.4 Å². The fourth-order valence-electron chi connectivity index (χ4n) is 11.3. The molecule has 6 aromatic rings. The third-order valence-electron chi connectivity index (χ3n) is 16.4. The van der Waals surface area contributed by atoms with Crippen LogP contribution < -0.4 is 154 Å². The summed E-state index contributed by atoms with van der Waals surface area (Å²) in [6, 6.07) is 21.3. The van der Waals surface area contributed by atoms with Crippen molar-refractivity contribution in [2.24, 2.45) is 0 Å². The number of piperazine rings is 2. The number of aromatic nitrogens is 4. The fourth-order valence-corrected chi connectivity index (χ4v) is 13.6. The summed E-state index contributed by atoms with van der Waals surface area (Å²) in [5.41, 5.74) is 3.25. The molecule has 0 spiro atoms. The van der Waals surface area contributed by atoms with Crippen LogP contribution in [0.4, 0.5) is 67.7 Å². The molecule has 4 N–H and O–H groups in total. The molecule has 93 heavy (non-hydrogen) atoms. The first-order valence-corrected chi connectivity index (χ1v) is 35.4. The Labute approximate surface area is 630 Å². The first kappa shape index (κ1) is 79.1. The van der Waals surface area contributed by atoms with E-state index < -0.39 is 30.7 Å². The number of likely N-dealkylation sites (N-methyl/N-ethyl adjacent to an activating group) is 2. The molecular weight excluding hydrogens is 1290 g/mol. The number of hydrogen-bond donors (Lipinski definition) is 4. The number of methoxy groups -OCH3 is 2. The van der Waals surface area contributed by atoms with Crippen molar-refractivity contribution >= 4 is 94.7 Å². The molecule has 494 valence electrons. The number of nitro benzene ring substituents is 2. The number of nitro groups is 2. The molecule has 1 aliphatic carbocycles. The number of piperidine rings is 1. The van der Waals surface area contributed by atoms with Gasteiger partial charge in [0, 0.05) is 136 Å². The molecule has 31 heteroatoms.